The fraction of sp³-hybridized carbons (Fsp3) is 0.273. The van der Waals surface area contributed by atoms with E-state index in [9.17, 15) is 13.2 Å². The molecule has 32 heavy (non-hydrogen) atoms. The number of carbonyl (C=O) groups is 1. The van der Waals surface area contributed by atoms with Gasteiger partial charge in [-0.15, -0.1) is 0 Å². The molecule has 1 aliphatic rings. The first-order chi connectivity index (χ1) is 15.3. The van der Waals surface area contributed by atoms with E-state index in [0.29, 0.717) is 40.2 Å². The predicted octanol–water partition coefficient (Wildman–Crippen LogP) is 3.32. The normalized spacial score (nSPS) is 17.6. The molecule has 3 aromatic heterocycles. The Balaban J connectivity index is 1.70. The lowest BCUT2D eigenvalue weighted by atomic mass is 10.0. The Morgan fingerprint density at radius 3 is 2.62 bits per heavy atom. The minimum Gasteiger partial charge on any atom is -0.363 e. The number of aromatic nitrogens is 4. The zero-order chi connectivity index (χ0) is 22.5. The molecule has 4 aromatic rings. The van der Waals surface area contributed by atoms with E-state index in [1.54, 1.807) is 23.7 Å². The summed E-state index contributed by atoms with van der Waals surface area (Å²) in [5.41, 5.74) is 4.04. The topological polar surface area (TPSA) is 120 Å². The molecular weight excluding hydrogens is 430 g/mol. The molecule has 0 aliphatic carbocycles. The minimum absolute atomic E-state index is 0.0140. The van der Waals surface area contributed by atoms with E-state index >= 15 is 0 Å². The third kappa shape index (κ3) is 3.66. The molecular formula is C22H21N5O4S. The van der Waals surface area contributed by atoms with Gasteiger partial charge in [-0.1, -0.05) is 35.0 Å². The summed E-state index contributed by atoms with van der Waals surface area (Å²) in [6, 6.07) is 10.8. The van der Waals surface area contributed by atoms with Gasteiger partial charge < -0.3 is 9.84 Å². The monoisotopic (exact) mass is 451 g/mol. The van der Waals surface area contributed by atoms with Gasteiger partial charge in [0.1, 0.15) is 6.26 Å². The van der Waals surface area contributed by atoms with Gasteiger partial charge in [0.15, 0.2) is 21.3 Å². The van der Waals surface area contributed by atoms with Crippen molar-refractivity contribution in [3.8, 4) is 11.3 Å². The fourth-order valence-corrected chi connectivity index (χ4v) is 5.74. The van der Waals surface area contributed by atoms with Crippen molar-refractivity contribution in [2.45, 2.75) is 26.3 Å². The van der Waals surface area contributed by atoms with Crippen molar-refractivity contribution in [2.24, 2.45) is 0 Å². The van der Waals surface area contributed by atoms with Crippen molar-refractivity contribution in [3.63, 3.8) is 0 Å². The van der Waals surface area contributed by atoms with Crippen molar-refractivity contribution in [2.75, 3.05) is 16.8 Å². The summed E-state index contributed by atoms with van der Waals surface area (Å²) in [4.78, 5) is 18.0. The van der Waals surface area contributed by atoms with Crippen LogP contribution in [0.25, 0.3) is 22.3 Å². The van der Waals surface area contributed by atoms with Gasteiger partial charge in [0.05, 0.1) is 39.9 Å². The summed E-state index contributed by atoms with van der Waals surface area (Å²) in [6.45, 7) is 3.79. The molecule has 1 aromatic carbocycles. The quantitative estimate of drug-likeness (QED) is 0.505. The van der Waals surface area contributed by atoms with Gasteiger partial charge in [-0.3, -0.25) is 4.79 Å². The van der Waals surface area contributed by atoms with Crippen molar-refractivity contribution >= 4 is 32.6 Å². The highest BCUT2D eigenvalue weighted by atomic mass is 32.2. The SMILES string of the molecule is Cc1ccc(-c2cc(C(=O)Nc3ccon3)c3c(C)nn(C4CCS(=O)(=O)C4)c3n2)cc1. The van der Waals surface area contributed by atoms with Crippen LogP contribution < -0.4 is 5.32 Å². The lowest BCUT2D eigenvalue weighted by molar-refractivity contribution is 0.102. The third-order valence-electron chi connectivity index (χ3n) is 5.66. The van der Waals surface area contributed by atoms with Crippen molar-refractivity contribution in [1.29, 1.82) is 0 Å². The van der Waals surface area contributed by atoms with Gasteiger partial charge in [-0.25, -0.2) is 18.1 Å². The number of hydrogen-bond acceptors (Lipinski definition) is 7. The van der Waals surface area contributed by atoms with E-state index in [1.807, 2.05) is 31.2 Å². The molecule has 0 bridgehead atoms. The smallest absolute Gasteiger partial charge is 0.257 e. The van der Waals surface area contributed by atoms with Gasteiger partial charge in [0, 0.05) is 11.6 Å². The van der Waals surface area contributed by atoms with E-state index in [-0.39, 0.29) is 23.5 Å². The fourth-order valence-electron chi connectivity index (χ4n) is 4.05. The molecule has 1 unspecified atom stereocenters. The van der Waals surface area contributed by atoms with Crippen LogP contribution in [0, 0.1) is 13.8 Å². The second-order valence-corrected chi connectivity index (χ2v) is 10.3. The Labute approximate surface area is 184 Å². The second kappa shape index (κ2) is 7.56. The van der Waals surface area contributed by atoms with Crippen LogP contribution in [0.2, 0.25) is 0 Å². The number of aryl methyl sites for hydroxylation is 2. The molecule has 1 fully saturated rings. The molecule has 5 rings (SSSR count). The summed E-state index contributed by atoms with van der Waals surface area (Å²) in [5, 5.41) is 11.7. The third-order valence-corrected chi connectivity index (χ3v) is 7.41. The predicted molar refractivity (Wildman–Crippen MR) is 119 cm³/mol. The average Bonchev–Trinajstić information content (AvgIpc) is 3.47. The maximum atomic E-state index is 13.2. The Morgan fingerprint density at radius 1 is 1.19 bits per heavy atom. The van der Waals surface area contributed by atoms with Crippen LogP contribution >= 0.6 is 0 Å². The summed E-state index contributed by atoms with van der Waals surface area (Å²) >= 11 is 0. The minimum atomic E-state index is -3.12. The molecule has 1 atom stereocenters. The molecule has 0 spiro atoms. The summed E-state index contributed by atoms with van der Waals surface area (Å²) in [6.07, 6.45) is 1.84. The van der Waals surface area contributed by atoms with Crippen LogP contribution in [0.5, 0.6) is 0 Å². The maximum Gasteiger partial charge on any atom is 0.257 e. The summed E-state index contributed by atoms with van der Waals surface area (Å²) in [5.74, 6) is 0.0557. The second-order valence-electron chi connectivity index (χ2n) is 8.05. The Bertz CT molecular complexity index is 1420. The number of carbonyl (C=O) groups excluding carboxylic acids is 1. The first-order valence-electron chi connectivity index (χ1n) is 10.2. The number of sulfone groups is 1. The summed E-state index contributed by atoms with van der Waals surface area (Å²) in [7, 11) is -3.12. The molecule has 1 saturated heterocycles. The Morgan fingerprint density at radius 2 is 1.97 bits per heavy atom. The van der Waals surface area contributed by atoms with E-state index in [4.69, 9.17) is 9.51 Å². The van der Waals surface area contributed by atoms with Crippen molar-refractivity contribution in [1.82, 2.24) is 19.9 Å². The van der Waals surface area contributed by atoms with Gasteiger partial charge in [0.2, 0.25) is 0 Å². The number of nitrogens with zero attached hydrogens (tertiary/aromatic N) is 4. The number of benzene rings is 1. The zero-order valence-corrected chi connectivity index (χ0v) is 18.4. The largest absolute Gasteiger partial charge is 0.363 e. The number of hydrogen-bond donors (Lipinski definition) is 1. The van der Waals surface area contributed by atoms with Gasteiger partial charge in [-0.2, -0.15) is 5.10 Å². The van der Waals surface area contributed by atoms with Gasteiger partial charge in [0.25, 0.3) is 5.91 Å². The maximum absolute atomic E-state index is 13.2. The first kappa shape index (κ1) is 20.4. The van der Waals surface area contributed by atoms with E-state index in [2.05, 4.69) is 15.6 Å². The molecule has 0 saturated carbocycles. The standard InChI is InChI=1S/C22H21N5O4S/c1-13-3-5-15(6-4-13)18-11-17(22(28)24-19-7-9-31-26-19)20-14(2)25-27(21(20)23-18)16-8-10-32(29,30)12-16/h3-7,9,11,16H,8,10,12H2,1-2H3,(H,24,26,28). The molecule has 1 amide bonds. The molecule has 1 N–H and O–H groups in total. The first-order valence-corrected chi connectivity index (χ1v) is 12.0. The number of nitrogens with one attached hydrogen (secondary N) is 1. The average molecular weight is 452 g/mol. The van der Waals surface area contributed by atoms with Crippen LogP contribution in [-0.2, 0) is 9.84 Å². The molecule has 10 heteroatoms. The van der Waals surface area contributed by atoms with Crippen LogP contribution in [-0.4, -0.2) is 45.8 Å². The molecule has 1 aliphatic heterocycles. The summed E-state index contributed by atoms with van der Waals surface area (Å²) < 4.78 is 30.7. The lowest BCUT2D eigenvalue weighted by Gasteiger charge is -2.12. The number of pyridine rings is 1. The zero-order valence-electron chi connectivity index (χ0n) is 17.6. The highest BCUT2D eigenvalue weighted by Crippen LogP contribution is 2.32. The van der Waals surface area contributed by atoms with Crippen LogP contribution in [0.1, 0.15) is 34.1 Å². The van der Waals surface area contributed by atoms with Crippen LogP contribution in [0.4, 0.5) is 5.82 Å². The van der Waals surface area contributed by atoms with Gasteiger partial charge in [-0.05, 0) is 26.3 Å². The molecule has 4 heterocycles. The van der Waals surface area contributed by atoms with Gasteiger partial charge >= 0.3 is 0 Å². The van der Waals surface area contributed by atoms with E-state index < -0.39 is 9.84 Å². The highest BCUT2D eigenvalue weighted by molar-refractivity contribution is 7.91. The molecule has 9 nitrogen and oxygen atoms in total. The molecule has 164 valence electrons. The Kier molecular flexibility index (Phi) is 4.81. The highest BCUT2D eigenvalue weighted by Gasteiger charge is 2.32. The van der Waals surface area contributed by atoms with Crippen molar-refractivity contribution in [3.05, 3.63) is 59.5 Å². The number of anilines is 1. The molecule has 0 radical (unpaired) electrons. The Hall–Kier alpha value is -3.53. The van der Waals surface area contributed by atoms with Crippen LogP contribution in [0.3, 0.4) is 0 Å². The van der Waals surface area contributed by atoms with Crippen LogP contribution in [0.15, 0.2) is 47.2 Å². The van der Waals surface area contributed by atoms with E-state index in [0.717, 1.165) is 11.1 Å². The lowest BCUT2D eigenvalue weighted by Crippen LogP contribution is -2.15. The van der Waals surface area contributed by atoms with Crippen molar-refractivity contribution < 1.29 is 17.7 Å². The number of rotatable bonds is 4. The number of fused-ring (bicyclic) bond motifs is 1. The van der Waals surface area contributed by atoms with E-state index in [1.165, 1.54) is 6.26 Å². The number of amides is 1.